The van der Waals surface area contributed by atoms with Gasteiger partial charge in [0.2, 0.25) is 0 Å². The summed E-state index contributed by atoms with van der Waals surface area (Å²) in [5.41, 5.74) is 3.88. The first-order valence-electron chi connectivity index (χ1n) is 10.3. The van der Waals surface area contributed by atoms with Gasteiger partial charge >= 0.3 is 0 Å². The number of hydrogen-bond acceptors (Lipinski definition) is 6. The minimum atomic E-state index is -0.0484. The number of phenols is 1. The third-order valence-electron chi connectivity index (χ3n) is 4.85. The Bertz CT molecular complexity index is 1080. The zero-order valence-electron chi connectivity index (χ0n) is 17.4. The van der Waals surface area contributed by atoms with Crippen molar-refractivity contribution in [2.24, 2.45) is 0 Å². The molecule has 0 saturated heterocycles. The predicted octanol–water partition coefficient (Wildman–Crippen LogP) is 3.86. The number of hydrogen-bond donors (Lipinski definition) is 4. The highest BCUT2D eigenvalue weighted by molar-refractivity contribution is 5.82. The molecule has 3 aromatic carbocycles. The number of nitrogens with zero attached hydrogens (tertiary/aromatic N) is 1. The maximum Gasteiger partial charge on any atom is 0.142 e. The van der Waals surface area contributed by atoms with E-state index < -0.39 is 0 Å². The molecule has 0 saturated carbocycles. The number of imidazole rings is 1. The van der Waals surface area contributed by atoms with Crippen molar-refractivity contribution in [1.82, 2.24) is 9.97 Å². The van der Waals surface area contributed by atoms with Gasteiger partial charge in [0, 0.05) is 11.1 Å². The van der Waals surface area contributed by atoms with E-state index in [1.165, 1.54) is 0 Å². The van der Waals surface area contributed by atoms with Crippen LogP contribution in [0.3, 0.4) is 0 Å². The number of rotatable bonds is 9. The van der Waals surface area contributed by atoms with Crippen LogP contribution < -0.4 is 9.47 Å². The summed E-state index contributed by atoms with van der Waals surface area (Å²) in [7, 11) is 0. The highest BCUT2D eigenvalue weighted by Crippen LogP contribution is 2.36. The largest absolute Gasteiger partial charge is 0.507 e. The molecule has 1 heterocycles. The third kappa shape index (κ3) is 4.74. The van der Waals surface area contributed by atoms with Gasteiger partial charge in [-0.05, 0) is 60.7 Å². The number of phenolic OH excluding ortho intramolecular Hbond substituents is 1. The Morgan fingerprint density at radius 2 is 1.28 bits per heavy atom. The molecule has 0 aliphatic carbocycles. The molecule has 0 amide bonds. The molecule has 0 aliphatic heterocycles. The fraction of sp³-hybridized carbons (Fsp3) is 0.160. The topological polar surface area (TPSA) is 108 Å². The summed E-state index contributed by atoms with van der Waals surface area (Å²) in [4.78, 5) is 8.14. The number of aliphatic hydroxyl groups is 2. The maximum atomic E-state index is 10.3. The Kier molecular flexibility index (Phi) is 6.69. The van der Waals surface area contributed by atoms with Crippen LogP contribution in [0.2, 0.25) is 0 Å². The van der Waals surface area contributed by atoms with Gasteiger partial charge in [0.1, 0.15) is 36.3 Å². The number of benzene rings is 3. The average Bonchev–Trinajstić information content (AvgIpc) is 3.27. The molecular formula is C25H24N2O5. The lowest BCUT2D eigenvalue weighted by Crippen LogP contribution is -2.01. The molecule has 0 spiro atoms. The van der Waals surface area contributed by atoms with Crippen molar-refractivity contribution in [2.75, 3.05) is 26.4 Å². The summed E-state index contributed by atoms with van der Waals surface area (Å²) in [6, 6.07) is 22.0. The zero-order chi connectivity index (χ0) is 22.3. The second-order valence-electron chi connectivity index (χ2n) is 7.02. The normalized spacial score (nSPS) is 10.8. The Labute approximate surface area is 185 Å². The lowest BCUT2D eigenvalue weighted by atomic mass is 10.0. The van der Waals surface area contributed by atoms with Crippen LogP contribution in [0.25, 0.3) is 33.9 Å². The first-order chi connectivity index (χ1) is 15.7. The van der Waals surface area contributed by atoms with E-state index in [4.69, 9.17) is 24.7 Å². The highest BCUT2D eigenvalue weighted by Gasteiger charge is 2.17. The van der Waals surface area contributed by atoms with Gasteiger partial charge in [-0.15, -0.1) is 0 Å². The first kappa shape index (κ1) is 21.4. The summed E-state index contributed by atoms with van der Waals surface area (Å²) in [5.74, 6) is 2.01. The predicted molar refractivity (Wildman–Crippen MR) is 122 cm³/mol. The molecule has 0 aliphatic rings. The quantitative estimate of drug-likeness (QED) is 0.320. The number of H-pyrrole nitrogens is 1. The highest BCUT2D eigenvalue weighted by atomic mass is 16.5. The van der Waals surface area contributed by atoms with Crippen LogP contribution in [-0.4, -0.2) is 51.7 Å². The van der Waals surface area contributed by atoms with E-state index in [9.17, 15) is 5.11 Å². The number of ether oxygens (including phenoxy) is 2. The molecule has 7 nitrogen and oxygen atoms in total. The molecule has 4 N–H and O–H groups in total. The van der Waals surface area contributed by atoms with Crippen molar-refractivity contribution in [3.05, 3.63) is 72.8 Å². The summed E-state index contributed by atoms with van der Waals surface area (Å²) >= 11 is 0. The lowest BCUT2D eigenvalue weighted by molar-refractivity contribution is 0.201. The van der Waals surface area contributed by atoms with Crippen molar-refractivity contribution in [1.29, 1.82) is 0 Å². The van der Waals surface area contributed by atoms with E-state index in [0.717, 1.165) is 22.5 Å². The van der Waals surface area contributed by atoms with Crippen LogP contribution in [0.1, 0.15) is 0 Å². The lowest BCUT2D eigenvalue weighted by Gasteiger charge is -2.08. The Morgan fingerprint density at radius 1 is 0.719 bits per heavy atom. The minimum absolute atomic E-state index is 0.0472. The number of aliphatic hydroxyl groups excluding tert-OH is 2. The second-order valence-corrected chi connectivity index (χ2v) is 7.02. The van der Waals surface area contributed by atoms with Crippen molar-refractivity contribution in [3.8, 4) is 51.2 Å². The average molecular weight is 432 g/mol. The van der Waals surface area contributed by atoms with E-state index in [2.05, 4.69) is 4.98 Å². The van der Waals surface area contributed by atoms with Crippen LogP contribution in [0.5, 0.6) is 17.2 Å². The fourth-order valence-electron chi connectivity index (χ4n) is 3.35. The summed E-state index contributed by atoms with van der Waals surface area (Å²) < 4.78 is 10.9. The minimum Gasteiger partial charge on any atom is -0.507 e. The molecule has 7 heteroatoms. The van der Waals surface area contributed by atoms with Gasteiger partial charge in [0.15, 0.2) is 0 Å². The van der Waals surface area contributed by atoms with E-state index in [0.29, 0.717) is 22.9 Å². The van der Waals surface area contributed by atoms with Crippen LogP contribution in [0.4, 0.5) is 0 Å². The Morgan fingerprint density at radius 3 is 1.84 bits per heavy atom. The van der Waals surface area contributed by atoms with Crippen LogP contribution in [0.15, 0.2) is 72.8 Å². The molecular weight excluding hydrogens is 408 g/mol. The van der Waals surface area contributed by atoms with Gasteiger partial charge in [-0.2, -0.15) is 0 Å². The number of aromatic nitrogens is 2. The first-order valence-corrected chi connectivity index (χ1v) is 10.3. The standard InChI is InChI=1S/C25H24N2O5/c28-13-15-31-19-9-5-17(6-10-19)23-24(18-7-11-20(12-8-18)32-16-14-29)27-25(26-23)21-3-1-2-4-22(21)30/h1-12,28-30H,13-16H2,(H,26,27). The summed E-state index contributed by atoms with van der Waals surface area (Å²) in [6.07, 6.45) is 0. The number of nitrogens with one attached hydrogen (secondary N) is 1. The molecule has 164 valence electrons. The molecule has 0 unspecified atom stereocenters. The van der Waals surface area contributed by atoms with Gasteiger partial charge in [-0.1, -0.05) is 12.1 Å². The van der Waals surface area contributed by atoms with Gasteiger partial charge in [-0.25, -0.2) is 4.98 Å². The Hall–Kier alpha value is -3.81. The molecule has 0 radical (unpaired) electrons. The summed E-state index contributed by atoms with van der Waals surface area (Å²) in [6.45, 7) is 0.369. The smallest absolute Gasteiger partial charge is 0.142 e. The van der Waals surface area contributed by atoms with E-state index in [-0.39, 0.29) is 32.2 Å². The maximum absolute atomic E-state index is 10.3. The summed E-state index contributed by atoms with van der Waals surface area (Å²) in [5, 5.41) is 28.2. The molecule has 4 aromatic rings. The molecule has 0 fully saturated rings. The molecule has 0 atom stereocenters. The van der Waals surface area contributed by atoms with E-state index in [1.54, 1.807) is 18.2 Å². The number of aromatic hydroxyl groups is 1. The SMILES string of the molecule is OCCOc1ccc(-c2nc(-c3ccccc3O)[nH]c2-c2ccc(OCCO)cc2)cc1. The van der Waals surface area contributed by atoms with Crippen molar-refractivity contribution in [2.45, 2.75) is 0 Å². The van der Waals surface area contributed by atoms with Gasteiger partial charge in [0.05, 0.1) is 30.2 Å². The Balaban J connectivity index is 1.75. The fourth-order valence-corrected chi connectivity index (χ4v) is 3.35. The molecule has 32 heavy (non-hydrogen) atoms. The van der Waals surface area contributed by atoms with Crippen molar-refractivity contribution >= 4 is 0 Å². The van der Waals surface area contributed by atoms with E-state index >= 15 is 0 Å². The van der Waals surface area contributed by atoms with Crippen LogP contribution in [-0.2, 0) is 0 Å². The number of aromatic amines is 1. The van der Waals surface area contributed by atoms with Crippen molar-refractivity contribution < 1.29 is 24.8 Å². The third-order valence-corrected chi connectivity index (χ3v) is 4.85. The monoisotopic (exact) mass is 432 g/mol. The molecule has 1 aromatic heterocycles. The van der Waals surface area contributed by atoms with Crippen molar-refractivity contribution in [3.63, 3.8) is 0 Å². The zero-order valence-corrected chi connectivity index (χ0v) is 17.4. The van der Waals surface area contributed by atoms with Crippen LogP contribution >= 0.6 is 0 Å². The van der Waals surface area contributed by atoms with E-state index in [1.807, 2.05) is 54.6 Å². The van der Waals surface area contributed by atoms with Gasteiger partial charge in [-0.3, -0.25) is 0 Å². The van der Waals surface area contributed by atoms with Gasteiger partial charge in [0.25, 0.3) is 0 Å². The molecule has 0 bridgehead atoms. The van der Waals surface area contributed by atoms with Gasteiger partial charge < -0.3 is 29.8 Å². The molecule has 4 rings (SSSR count). The second kappa shape index (κ2) is 10.00. The number of para-hydroxylation sites is 1. The van der Waals surface area contributed by atoms with Crippen LogP contribution in [0, 0.1) is 0 Å².